The smallest absolute Gasteiger partial charge is 0.217 e. The molecule has 0 saturated carbocycles. The molecule has 43 heavy (non-hydrogen) atoms. The molecular weight excluding hydrogens is 542 g/mol. The molecule has 1 amide bonds. The van der Waals surface area contributed by atoms with Crippen LogP contribution in [0, 0.1) is 13.8 Å². The van der Waals surface area contributed by atoms with E-state index < -0.39 is 0 Å². The Kier molecular flexibility index (Phi) is 10.1. The maximum atomic E-state index is 11.5. The number of nitrogens with two attached hydrogens (primary N) is 1. The van der Waals surface area contributed by atoms with Crippen LogP contribution in [0.15, 0.2) is 54.7 Å². The van der Waals surface area contributed by atoms with E-state index in [-0.39, 0.29) is 11.7 Å². The fourth-order valence-corrected chi connectivity index (χ4v) is 5.69. The number of carbonyl (C=O) groups excluding carboxylic acids is 1. The molecule has 0 spiro atoms. The number of aromatic nitrogens is 3. The third kappa shape index (κ3) is 8.24. The summed E-state index contributed by atoms with van der Waals surface area (Å²) in [6.07, 6.45) is 3.71. The number of rotatable bonds is 14. The topological polar surface area (TPSA) is 122 Å². The van der Waals surface area contributed by atoms with Crippen LogP contribution in [-0.2, 0) is 22.6 Å². The molecule has 0 radical (unpaired) electrons. The molecule has 0 aliphatic carbocycles. The number of anilines is 2. The summed E-state index contributed by atoms with van der Waals surface area (Å²) >= 11 is 0. The molecule has 3 heterocycles. The van der Waals surface area contributed by atoms with Gasteiger partial charge in [0.15, 0.2) is 0 Å². The van der Waals surface area contributed by atoms with E-state index in [4.69, 9.17) is 15.5 Å². The van der Waals surface area contributed by atoms with Crippen molar-refractivity contribution in [2.45, 2.75) is 46.2 Å². The van der Waals surface area contributed by atoms with Crippen LogP contribution in [0.2, 0.25) is 0 Å². The van der Waals surface area contributed by atoms with Crippen LogP contribution < -0.4 is 16.0 Å². The molecule has 1 fully saturated rings. The number of amides is 1. The van der Waals surface area contributed by atoms with E-state index in [2.05, 4.69) is 74.9 Å². The summed E-state index contributed by atoms with van der Waals surface area (Å²) in [5, 5.41) is 14.1. The molecular formula is C33H43N7O3. The maximum Gasteiger partial charge on any atom is 0.217 e. The third-order valence-electron chi connectivity index (χ3n) is 7.82. The number of morpholine rings is 1. The summed E-state index contributed by atoms with van der Waals surface area (Å²) in [5.41, 5.74) is 12.5. The minimum absolute atomic E-state index is 0.161. The van der Waals surface area contributed by atoms with Gasteiger partial charge in [-0.1, -0.05) is 12.1 Å². The van der Waals surface area contributed by atoms with Crippen molar-refractivity contribution in [3.8, 4) is 5.75 Å². The molecule has 4 N–H and O–H groups in total. The molecule has 1 aliphatic heterocycles. The van der Waals surface area contributed by atoms with Crippen molar-refractivity contribution < 1.29 is 14.6 Å². The lowest BCUT2D eigenvalue weighted by atomic mass is 10.1. The Balaban J connectivity index is 1.41. The number of nitrogens with zero attached hydrogens (tertiary/aromatic N) is 5. The van der Waals surface area contributed by atoms with E-state index in [1.807, 2.05) is 0 Å². The van der Waals surface area contributed by atoms with Crippen molar-refractivity contribution in [1.29, 1.82) is 0 Å². The summed E-state index contributed by atoms with van der Waals surface area (Å²) in [7, 11) is 0. The molecule has 5 rings (SSSR count). The quantitative estimate of drug-likeness (QED) is 0.188. The average molecular weight is 586 g/mol. The fraction of sp³-hybridized carbons (Fsp3) is 0.424. The number of benzene rings is 2. The minimum Gasteiger partial charge on any atom is -0.506 e. The van der Waals surface area contributed by atoms with Gasteiger partial charge in [-0.25, -0.2) is 4.98 Å². The summed E-state index contributed by atoms with van der Waals surface area (Å²) < 4.78 is 7.57. The fourth-order valence-electron chi connectivity index (χ4n) is 5.69. The Morgan fingerprint density at radius 1 is 1.09 bits per heavy atom. The Labute approximate surface area is 253 Å². The van der Waals surface area contributed by atoms with Crippen LogP contribution in [0.3, 0.4) is 0 Å². The zero-order valence-corrected chi connectivity index (χ0v) is 25.3. The first-order valence-corrected chi connectivity index (χ1v) is 15.1. The standard InChI is InChI=1S/C33H43N7O3/c1-24-18-25(2)20-27(19-24)39(13-4-7-32(34)42)22-26-8-9-28-30(21-26)40(23-29-31(41)6-3-10-35-29)33(37-28)36-11-5-12-38-14-16-43-17-15-38/h3,6,8-10,18-21,41H,4-5,7,11-17,22-23H2,1-2H3,(H2,34,42)(H,36,37). The van der Waals surface area contributed by atoms with Gasteiger partial charge in [-0.2, -0.15) is 0 Å². The van der Waals surface area contributed by atoms with E-state index in [0.717, 1.165) is 74.0 Å². The molecule has 0 unspecified atom stereocenters. The largest absolute Gasteiger partial charge is 0.506 e. The summed E-state index contributed by atoms with van der Waals surface area (Å²) in [6, 6.07) is 16.3. The van der Waals surface area contributed by atoms with Crippen molar-refractivity contribution >= 4 is 28.6 Å². The normalized spacial score (nSPS) is 13.8. The Morgan fingerprint density at radius 3 is 2.63 bits per heavy atom. The number of carbonyl (C=O) groups is 1. The Bertz CT molecular complexity index is 1510. The van der Waals surface area contributed by atoms with Crippen LogP contribution in [0.1, 0.15) is 41.6 Å². The number of ether oxygens (including phenoxy) is 1. The van der Waals surface area contributed by atoms with Gasteiger partial charge in [0.25, 0.3) is 0 Å². The molecule has 2 aromatic carbocycles. The van der Waals surface area contributed by atoms with Gasteiger partial charge in [0, 0.05) is 51.0 Å². The zero-order valence-electron chi connectivity index (χ0n) is 25.3. The Hall–Kier alpha value is -4.15. The lowest BCUT2D eigenvalue weighted by molar-refractivity contribution is -0.118. The molecule has 10 nitrogen and oxygen atoms in total. The van der Waals surface area contributed by atoms with Gasteiger partial charge in [-0.05, 0) is 86.3 Å². The van der Waals surface area contributed by atoms with E-state index in [1.165, 1.54) is 11.1 Å². The highest BCUT2D eigenvalue weighted by molar-refractivity contribution is 5.80. The average Bonchev–Trinajstić information content (AvgIpc) is 3.32. The van der Waals surface area contributed by atoms with Gasteiger partial charge in [0.2, 0.25) is 11.9 Å². The van der Waals surface area contributed by atoms with Crippen molar-refractivity contribution in [3.05, 3.63) is 77.1 Å². The molecule has 0 atom stereocenters. The number of hydrogen-bond acceptors (Lipinski definition) is 8. The van der Waals surface area contributed by atoms with Gasteiger partial charge < -0.3 is 30.4 Å². The van der Waals surface area contributed by atoms with Gasteiger partial charge in [-0.15, -0.1) is 0 Å². The predicted molar refractivity (Wildman–Crippen MR) is 170 cm³/mol. The lowest BCUT2D eigenvalue weighted by Crippen LogP contribution is -2.37. The van der Waals surface area contributed by atoms with E-state index in [0.29, 0.717) is 38.2 Å². The first kappa shape index (κ1) is 30.3. The van der Waals surface area contributed by atoms with Crippen LogP contribution >= 0.6 is 0 Å². The predicted octanol–water partition coefficient (Wildman–Crippen LogP) is 4.21. The minimum atomic E-state index is -0.284. The molecule has 4 aromatic rings. The van der Waals surface area contributed by atoms with Gasteiger partial charge in [0.05, 0.1) is 30.8 Å². The van der Waals surface area contributed by atoms with Crippen molar-refractivity contribution in [2.75, 3.05) is 56.2 Å². The molecule has 1 saturated heterocycles. The van der Waals surface area contributed by atoms with Gasteiger partial charge in [0.1, 0.15) is 11.4 Å². The Morgan fingerprint density at radius 2 is 1.88 bits per heavy atom. The van der Waals surface area contributed by atoms with Crippen LogP contribution in [0.25, 0.3) is 11.0 Å². The van der Waals surface area contributed by atoms with Gasteiger partial charge in [-0.3, -0.25) is 14.7 Å². The maximum absolute atomic E-state index is 11.5. The summed E-state index contributed by atoms with van der Waals surface area (Å²) in [6.45, 7) is 11.3. The molecule has 2 aromatic heterocycles. The SMILES string of the molecule is Cc1cc(C)cc(N(CCCC(N)=O)Cc2ccc3nc(NCCCN4CCOCC4)n(Cc4ncccc4O)c3c2)c1. The molecule has 10 heteroatoms. The highest BCUT2D eigenvalue weighted by Gasteiger charge is 2.17. The number of nitrogens with one attached hydrogen (secondary N) is 1. The van der Waals surface area contributed by atoms with E-state index >= 15 is 0 Å². The lowest BCUT2D eigenvalue weighted by Gasteiger charge is -2.26. The number of hydrogen-bond donors (Lipinski definition) is 3. The highest BCUT2D eigenvalue weighted by atomic mass is 16.5. The number of pyridine rings is 1. The van der Waals surface area contributed by atoms with Gasteiger partial charge >= 0.3 is 0 Å². The second-order valence-corrected chi connectivity index (χ2v) is 11.4. The number of primary amides is 1. The number of aryl methyl sites for hydroxylation is 2. The zero-order chi connectivity index (χ0) is 30.2. The third-order valence-corrected chi connectivity index (χ3v) is 7.82. The van der Waals surface area contributed by atoms with Crippen molar-refractivity contribution in [1.82, 2.24) is 19.4 Å². The second kappa shape index (κ2) is 14.3. The van der Waals surface area contributed by atoms with Crippen molar-refractivity contribution in [2.24, 2.45) is 5.73 Å². The second-order valence-electron chi connectivity index (χ2n) is 11.4. The first-order chi connectivity index (χ1) is 20.9. The van der Waals surface area contributed by atoms with Crippen LogP contribution in [0.4, 0.5) is 11.6 Å². The summed E-state index contributed by atoms with van der Waals surface area (Å²) in [4.78, 5) is 25.6. The number of fused-ring (bicyclic) bond motifs is 1. The molecule has 228 valence electrons. The highest BCUT2D eigenvalue weighted by Crippen LogP contribution is 2.27. The van der Waals surface area contributed by atoms with E-state index in [9.17, 15) is 9.90 Å². The number of aromatic hydroxyl groups is 1. The monoisotopic (exact) mass is 585 g/mol. The molecule has 0 bridgehead atoms. The van der Waals surface area contributed by atoms with E-state index in [1.54, 1.807) is 18.3 Å². The molecule has 1 aliphatic rings. The van der Waals surface area contributed by atoms with Crippen LogP contribution in [0.5, 0.6) is 5.75 Å². The van der Waals surface area contributed by atoms with Crippen LogP contribution in [-0.4, -0.2) is 76.4 Å². The first-order valence-electron chi connectivity index (χ1n) is 15.1. The summed E-state index contributed by atoms with van der Waals surface area (Å²) in [5.74, 6) is 0.634. The van der Waals surface area contributed by atoms with Crippen molar-refractivity contribution in [3.63, 3.8) is 0 Å². The number of imidazole rings is 1.